The van der Waals surface area contributed by atoms with Crippen LogP contribution in [-0.2, 0) is 6.54 Å². The number of hydrogen-bond acceptors (Lipinski definition) is 3. The lowest BCUT2D eigenvalue weighted by atomic mass is 9.68. The van der Waals surface area contributed by atoms with Gasteiger partial charge in [-0.05, 0) is 61.0 Å². The first kappa shape index (κ1) is 16.7. The van der Waals surface area contributed by atoms with Crippen molar-refractivity contribution in [2.75, 3.05) is 13.1 Å². The molecule has 0 atom stereocenters. The molecule has 1 aliphatic heterocycles. The Morgan fingerprint density at radius 2 is 1.92 bits per heavy atom. The van der Waals surface area contributed by atoms with E-state index in [1.54, 1.807) is 6.20 Å². The zero-order valence-corrected chi connectivity index (χ0v) is 14.7. The zero-order chi connectivity index (χ0) is 17.0. The van der Waals surface area contributed by atoms with Crippen LogP contribution in [0.4, 0.5) is 0 Å². The largest absolute Gasteiger partial charge is 0.299 e. The van der Waals surface area contributed by atoms with Crippen LogP contribution in [0.15, 0.2) is 42.7 Å². The molecule has 1 saturated heterocycles. The van der Waals surface area contributed by atoms with E-state index in [0.29, 0.717) is 12.3 Å². The molecular weight excluding hydrogens is 296 g/mol. The second kappa shape index (κ2) is 7.19. The number of rotatable bonds is 5. The molecular formula is C20H26N4. The third-order valence-electron chi connectivity index (χ3n) is 5.62. The van der Waals surface area contributed by atoms with Crippen LogP contribution in [0.1, 0.15) is 38.7 Å². The van der Waals surface area contributed by atoms with E-state index in [4.69, 9.17) is 5.26 Å². The quantitative estimate of drug-likeness (QED) is 0.835. The number of nitriles is 1. The fourth-order valence-corrected chi connectivity index (χ4v) is 3.71. The SMILES string of the molecule is CC(C)C1(CC#N)CCN(Cc2ccc(-n3cccn3)cc2)CC1. The minimum Gasteiger partial charge on any atom is -0.299 e. The molecule has 0 radical (unpaired) electrons. The second-order valence-corrected chi connectivity index (χ2v) is 7.25. The van der Waals surface area contributed by atoms with Gasteiger partial charge >= 0.3 is 0 Å². The van der Waals surface area contributed by atoms with Crippen molar-refractivity contribution in [2.24, 2.45) is 11.3 Å². The normalized spacial score (nSPS) is 17.8. The maximum absolute atomic E-state index is 9.17. The highest BCUT2D eigenvalue weighted by atomic mass is 15.3. The van der Waals surface area contributed by atoms with Gasteiger partial charge in [0.1, 0.15) is 0 Å². The summed E-state index contributed by atoms with van der Waals surface area (Å²) < 4.78 is 1.88. The lowest BCUT2D eigenvalue weighted by Crippen LogP contribution is -2.42. The minimum absolute atomic E-state index is 0.217. The first-order valence-electron chi connectivity index (χ1n) is 8.81. The molecule has 1 aromatic carbocycles. The van der Waals surface area contributed by atoms with Crippen molar-refractivity contribution < 1.29 is 0 Å². The van der Waals surface area contributed by atoms with E-state index < -0.39 is 0 Å². The molecule has 2 heterocycles. The predicted octanol–water partition coefficient (Wildman–Crippen LogP) is 4.02. The van der Waals surface area contributed by atoms with E-state index in [1.807, 2.05) is 16.9 Å². The molecule has 0 spiro atoms. The molecule has 0 N–H and O–H groups in total. The Bertz CT molecular complexity index is 671. The maximum atomic E-state index is 9.17. The van der Waals surface area contributed by atoms with Gasteiger partial charge in [-0.3, -0.25) is 4.90 Å². The second-order valence-electron chi connectivity index (χ2n) is 7.25. The monoisotopic (exact) mass is 322 g/mol. The van der Waals surface area contributed by atoms with Crippen LogP contribution >= 0.6 is 0 Å². The Morgan fingerprint density at radius 3 is 2.46 bits per heavy atom. The number of benzene rings is 1. The van der Waals surface area contributed by atoms with Gasteiger partial charge in [-0.15, -0.1) is 0 Å². The third kappa shape index (κ3) is 3.52. The van der Waals surface area contributed by atoms with E-state index >= 15 is 0 Å². The molecule has 0 amide bonds. The van der Waals surface area contributed by atoms with Gasteiger partial charge in [0, 0.05) is 25.4 Å². The molecule has 1 fully saturated rings. The van der Waals surface area contributed by atoms with Gasteiger partial charge in [0.25, 0.3) is 0 Å². The van der Waals surface area contributed by atoms with Crippen molar-refractivity contribution in [3.63, 3.8) is 0 Å². The molecule has 3 rings (SSSR count). The molecule has 0 saturated carbocycles. The Labute approximate surface area is 144 Å². The van der Waals surface area contributed by atoms with Gasteiger partial charge < -0.3 is 0 Å². The number of aromatic nitrogens is 2. The summed E-state index contributed by atoms with van der Waals surface area (Å²) in [7, 11) is 0. The first-order chi connectivity index (χ1) is 11.6. The Kier molecular flexibility index (Phi) is 5.01. The Balaban J connectivity index is 1.59. The summed E-state index contributed by atoms with van der Waals surface area (Å²) in [5, 5.41) is 13.4. The highest BCUT2D eigenvalue weighted by Crippen LogP contribution is 2.41. The molecule has 1 aliphatic rings. The molecule has 0 aliphatic carbocycles. The fourth-order valence-electron chi connectivity index (χ4n) is 3.71. The lowest BCUT2D eigenvalue weighted by molar-refractivity contribution is 0.0617. The lowest BCUT2D eigenvalue weighted by Gasteiger charge is -2.43. The van der Waals surface area contributed by atoms with E-state index in [2.05, 4.69) is 54.2 Å². The average molecular weight is 322 g/mol. The molecule has 0 bridgehead atoms. The van der Waals surface area contributed by atoms with E-state index in [-0.39, 0.29) is 5.41 Å². The zero-order valence-electron chi connectivity index (χ0n) is 14.7. The van der Waals surface area contributed by atoms with Gasteiger partial charge in [-0.25, -0.2) is 4.68 Å². The van der Waals surface area contributed by atoms with Crippen molar-refractivity contribution in [1.29, 1.82) is 5.26 Å². The highest BCUT2D eigenvalue weighted by Gasteiger charge is 2.37. The van der Waals surface area contributed by atoms with Crippen LogP contribution in [0.5, 0.6) is 0 Å². The van der Waals surface area contributed by atoms with Crippen molar-refractivity contribution in [3.8, 4) is 11.8 Å². The number of nitrogens with zero attached hydrogens (tertiary/aromatic N) is 4. The van der Waals surface area contributed by atoms with Crippen molar-refractivity contribution in [3.05, 3.63) is 48.3 Å². The van der Waals surface area contributed by atoms with Crippen LogP contribution in [-0.4, -0.2) is 27.8 Å². The van der Waals surface area contributed by atoms with Crippen molar-refractivity contribution in [1.82, 2.24) is 14.7 Å². The summed E-state index contributed by atoms with van der Waals surface area (Å²) in [5.74, 6) is 0.577. The summed E-state index contributed by atoms with van der Waals surface area (Å²) in [6.07, 6.45) is 6.70. The third-order valence-corrected chi connectivity index (χ3v) is 5.62. The van der Waals surface area contributed by atoms with Crippen molar-refractivity contribution in [2.45, 2.75) is 39.7 Å². The molecule has 4 heteroatoms. The van der Waals surface area contributed by atoms with E-state index in [0.717, 1.165) is 38.2 Å². The summed E-state index contributed by atoms with van der Waals surface area (Å²) in [6, 6.07) is 13.0. The molecule has 4 nitrogen and oxygen atoms in total. The summed E-state index contributed by atoms with van der Waals surface area (Å²) in [6.45, 7) is 7.68. The Morgan fingerprint density at radius 1 is 1.21 bits per heavy atom. The predicted molar refractivity (Wildman–Crippen MR) is 95.6 cm³/mol. The molecule has 126 valence electrons. The summed E-state index contributed by atoms with van der Waals surface area (Å²) in [5.41, 5.74) is 2.65. The van der Waals surface area contributed by atoms with Crippen LogP contribution in [0.25, 0.3) is 5.69 Å². The molecule has 0 unspecified atom stereocenters. The van der Waals surface area contributed by atoms with Crippen LogP contribution in [0.2, 0.25) is 0 Å². The summed E-state index contributed by atoms with van der Waals surface area (Å²) in [4.78, 5) is 2.51. The minimum atomic E-state index is 0.217. The van der Waals surface area contributed by atoms with Gasteiger partial charge in [0.15, 0.2) is 0 Å². The highest BCUT2D eigenvalue weighted by molar-refractivity contribution is 5.33. The van der Waals surface area contributed by atoms with Crippen LogP contribution < -0.4 is 0 Å². The summed E-state index contributed by atoms with van der Waals surface area (Å²) >= 11 is 0. The molecule has 24 heavy (non-hydrogen) atoms. The van der Waals surface area contributed by atoms with Crippen molar-refractivity contribution >= 4 is 0 Å². The van der Waals surface area contributed by atoms with E-state index in [9.17, 15) is 0 Å². The topological polar surface area (TPSA) is 44.9 Å². The first-order valence-corrected chi connectivity index (χ1v) is 8.81. The van der Waals surface area contributed by atoms with Gasteiger partial charge in [-0.2, -0.15) is 10.4 Å². The Hall–Kier alpha value is -2.12. The maximum Gasteiger partial charge on any atom is 0.0645 e. The van der Waals surface area contributed by atoms with Gasteiger partial charge in [0.2, 0.25) is 0 Å². The average Bonchev–Trinajstić information content (AvgIpc) is 3.12. The fraction of sp³-hybridized carbons (Fsp3) is 0.500. The standard InChI is InChI=1S/C20H26N4/c1-17(2)20(8-11-21)9-14-23(15-10-20)16-18-4-6-19(7-5-18)24-13-3-12-22-24/h3-7,12-13,17H,8-10,14-16H2,1-2H3. The van der Waals surface area contributed by atoms with E-state index in [1.165, 1.54) is 5.56 Å². The number of piperidine rings is 1. The van der Waals surface area contributed by atoms with Crippen LogP contribution in [0.3, 0.4) is 0 Å². The molecule has 2 aromatic rings. The van der Waals surface area contributed by atoms with Gasteiger partial charge in [0.05, 0.1) is 11.8 Å². The smallest absolute Gasteiger partial charge is 0.0645 e. The van der Waals surface area contributed by atoms with Gasteiger partial charge in [-0.1, -0.05) is 26.0 Å². The number of hydrogen-bond donors (Lipinski definition) is 0. The number of likely N-dealkylation sites (tertiary alicyclic amines) is 1. The van der Waals surface area contributed by atoms with Crippen LogP contribution in [0, 0.1) is 22.7 Å². The molecule has 1 aromatic heterocycles.